The average molecular weight is 257 g/mol. The number of carbonyl (C=O) groups excluding carboxylic acids is 1. The Morgan fingerprint density at radius 3 is 2.61 bits per heavy atom. The fourth-order valence-corrected chi connectivity index (χ4v) is 1.29. The second kappa shape index (κ2) is 8.31. The Morgan fingerprint density at radius 2 is 2.17 bits per heavy atom. The maximum absolute atomic E-state index is 11.7. The summed E-state index contributed by atoms with van der Waals surface area (Å²) < 4.78 is 4.78. The number of aliphatic carboxylic acids is 1. The molecule has 7 nitrogen and oxygen atoms in total. The Morgan fingerprint density at radius 1 is 1.56 bits per heavy atom. The van der Waals surface area contributed by atoms with Gasteiger partial charge in [-0.25, -0.2) is 9.59 Å². The number of hydrogen-bond acceptors (Lipinski definition) is 4. The van der Waals surface area contributed by atoms with E-state index in [0.717, 1.165) is 0 Å². The zero-order chi connectivity index (χ0) is 14.1. The van der Waals surface area contributed by atoms with Gasteiger partial charge in [0.05, 0.1) is 12.0 Å². The van der Waals surface area contributed by atoms with Crippen LogP contribution in [-0.2, 0) is 9.53 Å². The lowest BCUT2D eigenvalue weighted by Gasteiger charge is -2.22. The number of nitriles is 1. The summed E-state index contributed by atoms with van der Waals surface area (Å²) in [6.45, 7) is 2.18. The first-order valence-corrected chi connectivity index (χ1v) is 5.55. The van der Waals surface area contributed by atoms with Crippen molar-refractivity contribution in [2.45, 2.75) is 19.4 Å². The lowest BCUT2D eigenvalue weighted by molar-refractivity contribution is -0.139. The standard InChI is InChI=1S/C11H19N3O4/c1-8(6-12)7-14(2)11(17)13-9(10(15)16)4-5-18-3/h8-9H,4-5,7H2,1-3H3,(H,13,17)(H,15,16). The molecule has 18 heavy (non-hydrogen) atoms. The van der Waals surface area contributed by atoms with Gasteiger partial charge in [-0.2, -0.15) is 5.26 Å². The van der Waals surface area contributed by atoms with Crippen molar-refractivity contribution < 1.29 is 19.4 Å². The number of amides is 2. The van der Waals surface area contributed by atoms with Crippen molar-refractivity contribution in [2.24, 2.45) is 5.92 Å². The van der Waals surface area contributed by atoms with Crippen molar-refractivity contribution in [3.05, 3.63) is 0 Å². The number of carboxylic acid groups (broad SMARTS) is 1. The van der Waals surface area contributed by atoms with Crippen LogP contribution in [0.4, 0.5) is 4.79 Å². The van der Waals surface area contributed by atoms with Crippen molar-refractivity contribution in [1.82, 2.24) is 10.2 Å². The Balaban J connectivity index is 4.32. The minimum absolute atomic E-state index is 0.194. The molecule has 0 fully saturated rings. The fourth-order valence-electron chi connectivity index (χ4n) is 1.29. The maximum atomic E-state index is 11.7. The van der Waals surface area contributed by atoms with E-state index in [9.17, 15) is 9.59 Å². The van der Waals surface area contributed by atoms with Crippen LogP contribution in [0.1, 0.15) is 13.3 Å². The molecule has 102 valence electrons. The molecule has 0 bridgehead atoms. The summed E-state index contributed by atoms with van der Waals surface area (Å²) in [6.07, 6.45) is 0.194. The third-order valence-electron chi connectivity index (χ3n) is 2.32. The highest BCUT2D eigenvalue weighted by molar-refractivity contribution is 5.82. The number of nitrogens with zero attached hydrogens (tertiary/aromatic N) is 2. The Hall–Kier alpha value is -1.81. The first kappa shape index (κ1) is 16.2. The first-order valence-electron chi connectivity index (χ1n) is 5.55. The predicted molar refractivity (Wildman–Crippen MR) is 63.9 cm³/mol. The second-order valence-corrected chi connectivity index (χ2v) is 4.03. The van der Waals surface area contributed by atoms with Gasteiger partial charge in [0, 0.05) is 33.7 Å². The number of methoxy groups -OCH3 is 1. The van der Waals surface area contributed by atoms with Crippen LogP contribution in [-0.4, -0.2) is 55.4 Å². The molecule has 0 spiro atoms. The minimum atomic E-state index is -1.11. The lowest BCUT2D eigenvalue weighted by atomic mass is 10.2. The molecule has 0 radical (unpaired) electrons. The van der Waals surface area contributed by atoms with Gasteiger partial charge < -0.3 is 20.1 Å². The Bertz CT molecular complexity index is 327. The zero-order valence-electron chi connectivity index (χ0n) is 10.8. The number of rotatable bonds is 7. The summed E-state index contributed by atoms with van der Waals surface area (Å²) in [5, 5.41) is 19.9. The van der Waals surface area contributed by atoms with E-state index in [0.29, 0.717) is 0 Å². The molecule has 0 aliphatic heterocycles. The SMILES string of the molecule is COCCC(NC(=O)N(C)CC(C)C#N)C(=O)O. The van der Waals surface area contributed by atoms with Gasteiger partial charge in [0.2, 0.25) is 0 Å². The predicted octanol–water partition coefficient (Wildman–Crippen LogP) is 0.277. The number of hydrogen-bond donors (Lipinski definition) is 2. The molecule has 0 saturated carbocycles. The molecule has 0 aromatic carbocycles. The maximum Gasteiger partial charge on any atom is 0.326 e. The molecule has 2 N–H and O–H groups in total. The van der Waals surface area contributed by atoms with Crippen LogP contribution in [0.25, 0.3) is 0 Å². The first-order chi connectivity index (χ1) is 8.42. The highest BCUT2D eigenvalue weighted by Gasteiger charge is 2.21. The van der Waals surface area contributed by atoms with E-state index in [-0.39, 0.29) is 25.5 Å². The monoisotopic (exact) mass is 257 g/mol. The van der Waals surface area contributed by atoms with Crippen LogP contribution in [0.5, 0.6) is 0 Å². The van der Waals surface area contributed by atoms with Crippen LogP contribution >= 0.6 is 0 Å². The van der Waals surface area contributed by atoms with Gasteiger partial charge in [-0.1, -0.05) is 0 Å². The van der Waals surface area contributed by atoms with Gasteiger partial charge in [0.15, 0.2) is 0 Å². The van der Waals surface area contributed by atoms with Gasteiger partial charge in [-0.3, -0.25) is 0 Å². The van der Waals surface area contributed by atoms with Crippen molar-refractivity contribution >= 4 is 12.0 Å². The molecule has 0 saturated heterocycles. The molecule has 0 heterocycles. The molecule has 0 aromatic rings. The van der Waals surface area contributed by atoms with E-state index in [1.807, 2.05) is 6.07 Å². The topological polar surface area (TPSA) is 103 Å². The zero-order valence-corrected chi connectivity index (χ0v) is 10.8. The molecule has 0 aliphatic carbocycles. The largest absolute Gasteiger partial charge is 0.480 e. The molecule has 2 unspecified atom stereocenters. The smallest absolute Gasteiger partial charge is 0.326 e. The van der Waals surface area contributed by atoms with Crippen LogP contribution in [0.15, 0.2) is 0 Å². The van der Waals surface area contributed by atoms with Crippen molar-refractivity contribution in [3.63, 3.8) is 0 Å². The molecule has 0 rings (SSSR count). The van der Waals surface area contributed by atoms with E-state index in [2.05, 4.69) is 5.32 Å². The summed E-state index contributed by atoms with van der Waals surface area (Å²) in [6, 6.07) is 0.501. The van der Waals surface area contributed by atoms with Crippen molar-refractivity contribution in [1.29, 1.82) is 5.26 Å². The van der Waals surface area contributed by atoms with Gasteiger partial charge in [-0.15, -0.1) is 0 Å². The van der Waals surface area contributed by atoms with Gasteiger partial charge >= 0.3 is 12.0 Å². The number of ether oxygens (including phenoxy) is 1. The molecular formula is C11H19N3O4. The summed E-state index contributed by atoms with van der Waals surface area (Å²) in [4.78, 5) is 23.9. The summed E-state index contributed by atoms with van der Waals surface area (Å²) in [7, 11) is 2.97. The quantitative estimate of drug-likeness (QED) is 0.681. The van der Waals surface area contributed by atoms with Gasteiger partial charge in [0.25, 0.3) is 0 Å². The molecular weight excluding hydrogens is 238 g/mol. The van der Waals surface area contributed by atoms with E-state index in [1.165, 1.54) is 19.1 Å². The molecule has 7 heteroatoms. The van der Waals surface area contributed by atoms with Gasteiger partial charge in [-0.05, 0) is 6.92 Å². The fraction of sp³-hybridized carbons (Fsp3) is 0.727. The molecule has 2 atom stereocenters. The van der Waals surface area contributed by atoms with Crippen LogP contribution in [0.3, 0.4) is 0 Å². The third-order valence-corrected chi connectivity index (χ3v) is 2.32. The normalized spacial score (nSPS) is 13.2. The number of carbonyl (C=O) groups is 2. The third kappa shape index (κ3) is 6.06. The molecule has 0 aromatic heterocycles. The van der Waals surface area contributed by atoms with E-state index in [1.54, 1.807) is 6.92 Å². The lowest BCUT2D eigenvalue weighted by Crippen LogP contribution is -2.47. The molecule has 2 amide bonds. The highest BCUT2D eigenvalue weighted by Crippen LogP contribution is 1.99. The summed E-state index contributed by atoms with van der Waals surface area (Å²) in [5.41, 5.74) is 0. The van der Waals surface area contributed by atoms with Crippen molar-refractivity contribution in [3.8, 4) is 6.07 Å². The van der Waals surface area contributed by atoms with Crippen LogP contribution in [0, 0.1) is 17.2 Å². The van der Waals surface area contributed by atoms with Gasteiger partial charge in [0.1, 0.15) is 6.04 Å². The van der Waals surface area contributed by atoms with Crippen LogP contribution in [0.2, 0.25) is 0 Å². The van der Waals surface area contributed by atoms with E-state index >= 15 is 0 Å². The average Bonchev–Trinajstić information content (AvgIpc) is 2.33. The number of carboxylic acids is 1. The number of urea groups is 1. The number of nitrogens with one attached hydrogen (secondary N) is 1. The van der Waals surface area contributed by atoms with Crippen molar-refractivity contribution in [2.75, 3.05) is 27.3 Å². The van der Waals surface area contributed by atoms with E-state index in [4.69, 9.17) is 15.1 Å². The second-order valence-electron chi connectivity index (χ2n) is 4.03. The Labute approximate surface area is 106 Å². The minimum Gasteiger partial charge on any atom is -0.480 e. The molecule has 0 aliphatic rings. The Kier molecular flexibility index (Phi) is 7.47. The van der Waals surface area contributed by atoms with E-state index < -0.39 is 18.0 Å². The highest BCUT2D eigenvalue weighted by atomic mass is 16.5. The summed E-state index contributed by atoms with van der Waals surface area (Å²) in [5.74, 6) is -1.41. The van der Waals surface area contributed by atoms with Crippen LogP contribution < -0.4 is 5.32 Å². The summed E-state index contributed by atoms with van der Waals surface area (Å²) >= 11 is 0.